The molecule has 0 radical (unpaired) electrons. The summed E-state index contributed by atoms with van der Waals surface area (Å²) >= 11 is 0. The van der Waals surface area contributed by atoms with E-state index in [1.54, 1.807) is 0 Å². The lowest BCUT2D eigenvalue weighted by Crippen LogP contribution is -2.42. The topological polar surface area (TPSA) is 115 Å². The van der Waals surface area contributed by atoms with Crippen LogP contribution in [0.5, 0.6) is 0 Å². The fourth-order valence-corrected chi connectivity index (χ4v) is 3.59. The SMILES string of the molecule is CCC(C)CCOCCCCCCCCO[P@](O)OC(CC(=O)O)C[N+](C)(C)C.[OH-]. The monoisotopic (exact) mass is 455 g/mol. The number of quaternary nitrogens is 1. The second-order valence-corrected chi connectivity index (χ2v) is 9.85. The molecule has 3 N–H and O–H groups in total. The number of hydrogen-bond acceptors (Lipinski definition) is 6. The van der Waals surface area contributed by atoms with Crippen molar-refractivity contribution in [2.45, 2.75) is 77.7 Å². The highest BCUT2D eigenvalue weighted by Gasteiger charge is 2.25. The summed E-state index contributed by atoms with van der Waals surface area (Å²) < 4.78 is 17.0. The molecule has 0 bridgehead atoms. The molecule has 0 aliphatic carbocycles. The molecule has 0 fully saturated rings. The molecule has 182 valence electrons. The van der Waals surface area contributed by atoms with Crippen molar-refractivity contribution in [3.05, 3.63) is 0 Å². The predicted octanol–water partition coefficient (Wildman–Crippen LogP) is 4.40. The maximum atomic E-state index is 11.0. The van der Waals surface area contributed by atoms with E-state index < -0.39 is 20.7 Å². The summed E-state index contributed by atoms with van der Waals surface area (Å²) in [7, 11) is 3.83. The molecule has 0 aliphatic heterocycles. The molecule has 0 aliphatic rings. The Hall–Kier alpha value is -0.340. The van der Waals surface area contributed by atoms with Gasteiger partial charge in [0.2, 0.25) is 0 Å². The molecule has 3 atom stereocenters. The van der Waals surface area contributed by atoms with Gasteiger partial charge in [0.1, 0.15) is 12.6 Å². The Morgan fingerprint density at radius 3 is 2.10 bits per heavy atom. The number of ether oxygens (including phenoxy) is 1. The van der Waals surface area contributed by atoms with E-state index >= 15 is 0 Å². The highest BCUT2D eigenvalue weighted by atomic mass is 31.2. The van der Waals surface area contributed by atoms with Crippen molar-refractivity contribution >= 4 is 14.6 Å². The Balaban J connectivity index is 0. The van der Waals surface area contributed by atoms with Gasteiger partial charge >= 0.3 is 14.6 Å². The molecular weight excluding hydrogens is 409 g/mol. The molecule has 8 nitrogen and oxygen atoms in total. The van der Waals surface area contributed by atoms with Gasteiger partial charge in [-0.25, -0.2) is 0 Å². The number of hydrogen-bond donors (Lipinski definition) is 2. The van der Waals surface area contributed by atoms with Crippen molar-refractivity contribution in [3.63, 3.8) is 0 Å². The minimum absolute atomic E-state index is 0. The number of carboxylic acid groups (broad SMARTS) is 1. The van der Waals surface area contributed by atoms with Gasteiger partial charge in [-0.1, -0.05) is 46.0 Å². The molecule has 0 spiro atoms. The molecule has 0 amide bonds. The van der Waals surface area contributed by atoms with Crippen molar-refractivity contribution in [2.24, 2.45) is 5.92 Å². The summed E-state index contributed by atoms with van der Waals surface area (Å²) in [5.74, 6) is -0.184. The summed E-state index contributed by atoms with van der Waals surface area (Å²) in [6.07, 6.45) is 8.22. The summed E-state index contributed by atoms with van der Waals surface area (Å²) in [4.78, 5) is 20.9. The first-order chi connectivity index (χ1) is 13.6. The zero-order chi connectivity index (χ0) is 22.1. The first-order valence-corrected chi connectivity index (χ1v) is 12.2. The van der Waals surface area contributed by atoms with Gasteiger partial charge < -0.3 is 33.7 Å². The number of carboxylic acids is 1. The summed E-state index contributed by atoms with van der Waals surface area (Å²) in [6, 6.07) is 0. The highest BCUT2D eigenvalue weighted by molar-refractivity contribution is 7.40. The maximum absolute atomic E-state index is 11.0. The van der Waals surface area contributed by atoms with E-state index in [0.29, 0.717) is 17.6 Å². The van der Waals surface area contributed by atoms with Crippen LogP contribution < -0.4 is 0 Å². The maximum Gasteiger partial charge on any atom is 0.330 e. The van der Waals surface area contributed by atoms with Crippen molar-refractivity contribution < 1.29 is 38.5 Å². The van der Waals surface area contributed by atoms with Gasteiger partial charge in [-0.05, 0) is 25.2 Å². The van der Waals surface area contributed by atoms with E-state index in [-0.39, 0.29) is 11.9 Å². The van der Waals surface area contributed by atoms with E-state index in [1.165, 1.54) is 19.3 Å². The molecule has 0 saturated heterocycles. The smallest absolute Gasteiger partial charge is 0.330 e. The second-order valence-electron chi connectivity index (χ2n) is 8.91. The van der Waals surface area contributed by atoms with E-state index in [0.717, 1.165) is 51.2 Å². The number of carbonyl (C=O) groups is 1. The van der Waals surface area contributed by atoms with Gasteiger partial charge in [-0.3, -0.25) is 4.79 Å². The first kappa shape index (κ1) is 31.8. The van der Waals surface area contributed by atoms with Crippen molar-refractivity contribution in [1.29, 1.82) is 0 Å². The van der Waals surface area contributed by atoms with Crippen LogP contribution in [0.1, 0.15) is 71.6 Å². The Kier molecular flexibility index (Phi) is 20.5. The first-order valence-electron chi connectivity index (χ1n) is 11.0. The van der Waals surface area contributed by atoms with E-state index in [1.807, 2.05) is 21.1 Å². The van der Waals surface area contributed by atoms with E-state index in [9.17, 15) is 9.69 Å². The van der Waals surface area contributed by atoms with Gasteiger partial charge in [0.25, 0.3) is 0 Å². The number of rotatable bonds is 20. The minimum Gasteiger partial charge on any atom is -0.870 e. The fraction of sp³-hybridized carbons (Fsp3) is 0.952. The zero-order valence-corrected chi connectivity index (χ0v) is 20.6. The van der Waals surface area contributed by atoms with Crippen LogP contribution in [0.4, 0.5) is 0 Å². The second kappa shape index (κ2) is 19.4. The fourth-order valence-electron chi connectivity index (χ4n) is 2.85. The average molecular weight is 456 g/mol. The highest BCUT2D eigenvalue weighted by Crippen LogP contribution is 2.36. The van der Waals surface area contributed by atoms with Crippen LogP contribution >= 0.6 is 8.60 Å². The van der Waals surface area contributed by atoms with Crippen molar-refractivity contribution in [3.8, 4) is 0 Å². The Labute approximate surface area is 184 Å². The van der Waals surface area contributed by atoms with Gasteiger partial charge in [0.05, 0.1) is 34.2 Å². The Morgan fingerprint density at radius 1 is 1.00 bits per heavy atom. The number of likely N-dealkylation sites (N-methyl/N-ethyl adjacent to an activating group) is 1. The summed E-state index contributed by atoms with van der Waals surface area (Å²) in [6.45, 7) is 7.14. The molecule has 30 heavy (non-hydrogen) atoms. The van der Waals surface area contributed by atoms with Gasteiger partial charge in [0.15, 0.2) is 0 Å². The third-order valence-corrected chi connectivity index (χ3v) is 5.61. The molecule has 0 aromatic rings. The van der Waals surface area contributed by atoms with Gasteiger partial charge in [-0.15, -0.1) is 0 Å². The molecule has 2 unspecified atom stereocenters. The number of nitrogens with zero attached hydrogens (tertiary/aromatic N) is 1. The van der Waals surface area contributed by atoms with E-state index in [2.05, 4.69) is 13.8 Å². The van der Waals surface area contributed by atoms with Crippen LogP contribution in [-0.2, 0) is 18.6 Å². The third kappa shape index (κ3) is 22.3. The largest absolute Gasteiger partial charge is 0.870 e. The summed E-state index contributed by atoms with van der Waals surface area (Å²) in [5.41, 5.74) is 0. The lowest BCUT2D eigenvalue weighted by Gasteiger charge is -2.29. The molecule has 0 heterocycles. The zero-order valence-electron chi connectivity index (χ0n) is 19.7. The normalized spacial score (nSPS) is 14.7. The summed E-state index contributed by atoms with van der Waals surface area (Å²) in [5, 5.41) is 8.99. The van der Waals surface area contributed by atoms with Crippen LogP contribution in [-0.4, -0.2) is 79.5 Å². The molecule has 0 aromatic heterocycles. The number of aliphatic carboxylic acids is 1. The minimum atomic E-state index is -2.04. The lowest BCUT2D eigenvalue weighted by atomic mass is 10.1. The Bertz CT molecular complexity index is 407. The molecule has 0 saturated carbocycles. The van der Waals surface area contributed by atoms with Crippen molar-refractivity contribution in [2.75, 3.05) is 47.5 Å². The average Bonchev–Trinajstić information content (AvgIpc) is 2.60. The standard InChI is InChI=1S/C21H44NO6P.H2O/c1-6-19(2)13-16-26-14-11-9-7-8-10-12-15-27-29(25)28-20(17-21(23)24)18-22(3,4)5;/h19-20,25H,6-18H2,1-5H3;1H2/t19?,20?,29-;/m0./s1. The van der Waals surface area contributed by atoms with E-state index in [4.69, 9.17) is 18.9 Å². The molecule has 0 aromatic carbocycles. The van der Waals surface area contributed by atoms with Crippen LogP contribution in [0.3, 0.4) is 0 Å². The third-order valence-electron chi connectivity index (χ3n) is 4.73. The van der Waals surface area contributed by atoms with Crippen LogP contribution in [0.15, 0.2) is 0 Å². The van der Waals surface area contributed by atoms with Gasteiger partial charge in [-0.2, -0.15) is 0 Å². The number of unbranched alkanes of at least 4 members (excludes halogenated alkanes) is 5. The molecule has 0 rings (SSSR count). The van der Waals surface area contributed by atoms with Crippen LogP contribution in [0.25, 0.3) is 0 Å². The van der Waals surface area contributed by atoms with Gasteiger partial charge in [0, 0.05) is 13.2 Å². The molecular formula is C21H46NO7P. The Morgan fingerprint density at radius 2 is 1.57 bits per heavy atom. The predicted molar refractivity (Wildman–Crippen MR) is 120 cm³/mol. The van der Waals surface area contributed by atoms with Crippen LogP contribution in [0, 0.1) is 5.92 Å². The van der Waals surface area contributed by atoms with Crippen LogP contribution in [0.2, 0.25) is 0 Å². The van der Waals surface area contributed by atoms with Crippen molar-refractivity contribution in [1.82, 2.24) is 0 Å². The molecule has 9 heteroatoms. The quantitative estimate of drug-likeness (QED) is 0.159. The lowest BCUT2D eigenvalue weighted by molar-refractivity contribution is -0.873.